The summed E-state index contributed by atoms with van der Waals surface area (Å²) in [7, 11) is 0. The van der Waals surface area contributed by atoms with Gasteiger partial charge in [0.2, 0.25) is 0 Å². The van der Waals surface area contributed by atoms with Crippen molar-refractivity contribution in [3.63, 3.8) is 0 Å². The Bertz CT molecular complexity index is 394. The summed E-state index contributed by atoms with van der Waals surface area (Å²) in [4.78, 5) is 7.31. The van der Waals surface area contributed by atoms with Gasteiger partial charge in [-0.05, 0) is 24.5 Å². The van der Waals surface area contributed by atoms with E-state index in [0.717, 1.165) is 23.7 Å². The van der Waals surface area contributed by atoms with Crippen molar-refractivity contribution in [2.24, 2.45) is 0 Å². The molecule has 2 heterocycles. The van der Waals surface area contributed by atoms with Gasteiger partial charge in [0.1, 0.15) is 0 Å². The number of aromatic nitrogens is 2. The lowest BCUT2D eigenvalue weighted by Gasteiger charge is -2.00. The maximum Gasteiger partial charge on any atom is 0.0517 e. The highest BCUT2D eigenvalue weighted by Gasteiger charge is 2.01. The Hall–Kier alpha value is -1.35. The molecule has 0 aliphatic carbocycles. The average molecular weight is 176 g/mol. The second-order valence-electron chi connectivity index (χ2n) is 3.07. The van der Waals surface area contributed by atoms with Crippen molar-refractivity contribution in [1.82, 2.24) is 9.97 Å². The molecule has 2 aromatic rings. The normalized spacial score (nSPS) is 10.8. The first kappa shape index (κ1) is 8.26. The van der Waals surface area contributed by atoms with Crippen molar-refractivity contribution < 1.29 is 5.11 Å². The highest BCUT2D eigenvalue weighted by molar-refractivity contribution is 5.81. The molecule has 0 unspecified atom stereocenters. The van der Waals surface area contributed by atoms with Crippen molar-refractivity contribution in [1.29, 1.82) is 0 Å². The van der Waals surface area contributed by atoms with Gasteiger partial charge in [-0.3, -0.25) is 4.98 Å². The third kappa shape index (κ3) is 1.55. The SMILES string of the molecule is OCCCc1cncc2cc[nH]c12. The highest BCUT2D eigenvalue weighted by atomic mass is 16.2. The number of nitrogens with zero attached hydrogens (tertiary/aromatic N) is 1. The molecule has 0 aromatic carbocycles. The maximum atomic E-state index is 8.72. The summed E-state index contributed by atoms with van der Waals surface area (Å²) in [6.45, 7) is 0.233. The zero-order valence-corrected chi connectivity index (χ0v) is 7.33. The first-order chi connectivity index (χ1) is 6.42. The van der Waals surface area contributed by atoms with Crippen LogP contribution in [0.3, 0.4) is 0 Å². The van der Waals surface area contributed by atoms with Crippen LogP contribution < -0.4 is 0 Å². The second-order valence-corrected chi connectivity index (χ2v) is 3.07. The van der Waals surface area contributed by atoms with Crippen molar-refractivity contribution in [3.8, 4) is 0 Å². The predicted molar refractivity (Wildman–Crippen MR) is 51.5 cm³/mol. The minimum atomic E-state index is 0.233. The van der Waals surface area contributed by atoms with Gasteiger partial charge in [0, 0.05) is 30.6 Å². The third-order valence-corrected chi connectivity index (χ3v) is 2.15. The minimum absolute atomic E-state index is 0.233. The van der Waals surface area contributed by atoms with Crippen LogP contribution in [0.5, 0.6) is 0 Å². The van der Waals surface area contributed by atoms with Gasteiger partial charge in [0.25, 0.3) is 0 Å². The number of nitrogens with one attached hydrogen (secondary N) is 1. The molecule has 0 atom stereocenters. The summed E-state index contributed by atoms with van der Waals surface area (Å²) in [5.74, 6) is 0. The van der Waals surface area contributed by atoms with Gasteiger partial charge in [0.05, 0.1) is 5.52 Å². The Kier molecular flexibility index (Phi) is 2.27. The summed E-state index contributed by atoms with van der Waals surface area (Å²) < 4.78 is 0. The Morgan fingerprint density at radius 2 is 2.31 bits per heavy atom. The summed E-state index contributed by atoms with van der Waals surface area (Å²) in [6, 6.07) is 2.00. The maximum absolute atomic E-state index is 8.72. The van der Waals surface area contributed by atoms with Gasteiger partial charge in [-0.1, -0.05) is 0 Å². The zero-order chi connectivity index (χ0) is 9.10. The standard InChI is InChI=1S/C10H12N2O/c13-5-1-2-8-6-11-7-9-3-4-12-10(8)9/h3-4,6-7,12-13H,1-2,5H2. The molecule has 0 saturated carbocycles. The van der Waals surface area contributed by atoms with E-state index in [1.54, 1.807) is 0 Å². The highest BCUT2D eigenvalue weighted by Crippen LogP contribution is 2.16. The fourth-order valence-electron chi connectivity index (χ4n) is 1.50. The molecule has 2 aromatic heterocycles. The van der Waals surface area contributed by atoms with Gasteiger partial charge < -0.3 is 10.1 Å². The lowest BCUT2D eigenvalue weighted by Crippen LogP contribution is -1.91. The summed E-state index contributed by atoms with van der Waals surface area (Å²) >= 11 is 0. The first-order valence-electron chi connectivity index (χ1n) is 4.42. The summed E-state index contributed by atoms with van der Waals surface area (Å²) in [5, 5.41) is 9.85. The van der Waals surface area contributed by atoms with Gasteiger partial charge in [-0.2, -0.15) is 0 Å². The molecular weight excluding hydrogens is 164 g/mol. The topological polar surface area (TPSA) is 48.9 Å². The van der Waals surface area contributed by atoms with E-state index in [9.17, 15) is 0 Å². The Balaban J connectivity index is 2.37. The van der Waals surface area contributed by atoms with Crippen molar-refractivity contribution in [2.45, 2.75) is 12.8 Å². The minimum Gasteiger partial charge on any atom is -0.396 e. The Morgan fingerprint density at radius 3 is 3.15 bits per heavy atom. The van der Waals surface area contributed by atoms with Crippen LogP contribution in [0, 0.1) is 0 Å². The summed E-state index contributed by atoms with van der Waals surface area (Å²) in [6.07, 6.45) is 7.28. The Morgan fingerprint density at radius 1 is 1.38 bits per heavy atom. The molecule has 0 fully saturated rings. The molecule has 0 spiro atoms. The van der Waals surface area contributed by atoms with Crippen LogP contribution in [0.15, 0.2) is 24.7 Å². The zero-order valence-electron chi connectivity index (χ0n) is 7.33. The molecule has 0 aliphatic rings. The van der Waals surface area contributed by atoms with Crippen LogP contribution in [0.25, 0.3) is 10.9 Å². The monoisotopic (exact) mass is 176 g/mol. The van der Waals surface area contributed by atoms with Gasteiger partial charge in [0.15, 0.2) is 0 Å². The van der Waals surface area contributed by atoms with E-state index in [1.807, 2.05) is 24.7 Å². The summed E-state index contributed by atoms with van der Waals surface area (Å²) in [5.41, 5.74) is 2.32. The second kappa shape index (κ2) is 3.58. The molecule has 0 amide bonds. The number of H-pyrrole nitrogens is 1. The number of aliphatic hydroxyl groups is 1. The molecule has 68 valence electrons. The number of hydrogen-bond acceptors (Lipinski definition) is 2. The quantitative estimate of drug-likeness (QED) is 0.744. The predicted octanol–water partition coefficient (Wildman–Crippen LogP) is 1.49. The van der Waals surface area contributed by atoms with Crippen molar-refractivity contribution in [2.75, 3.05) is 6.61 Å². The number of aromatic amines is 1. The third-order valence-electron chi connectivity index (χ3n) is 2.15. The molecule has 2 rings (SSSR count). The fraction of sp³-hybridized carbons (Fsp3) is 0.300. The lowest BCUT2D eigenvalue weighted by atomic mass is 10.1. The molecule has 0 bridgehead atoms. The number of fused-ring (bicyclic) bond motifs is 1. The van der Waals surface area contributed by atoms with E-state index in [2.05, 4.69) is 9.97 Å². The number of aliphatic hydroxyl groups excluding tert-OH is 1. The number of pyridine rings is 1. The van der Waals surface area contributed by atoms with Crippen LogP contribution in [0.2, 0.25) is 0 Å². The van der Waals surface area contributed by atoms with Gasteiger partial charge in [-0.25, -0.2) is 0 Å². The molecule has 0 aliphatic heterocycles. The largest absolute Gasteiger partial charge is 0.396 e. The van der Waals surface area contributed by atoms with E-state index >= 15 is 0 Å². The van der Waals surface area contributed by atoms with Crippen LogP contribution >= 0.6 is 0 Å². The molecule has 3 nitrogen and oxygen atoms in total. The van der Waals surface area contributed by atoms with E-state index in [-0.39, 0.29) is 6.61 Å². The number of hydrogen-bond donors (Lipinski definition) is 2. The van der Waals surface area contributed by atoms with Crippen LogP contribution in [-0.4, -0.2) is 21.7 Å². The fourth-order valence-corrected chi connectivity index (χ4v) is 1.50. The van der Waals surface area contributed by atoms with Gasteiger partial charge in [-0.15, -0.1) is 0 Å². The van der Waals surface area contributed by atoms with Crippen LogP contribution in [-0.2, 0) is 6.42 Å². The molecule has 3 heteroatoms. The molecule has 13 heavy (non-hydrogen) atoms. The van der Waals surface area contributed by atoms with E-state index in [1.165, 1.54) is 5.56 Å². The van der Waals surface area contributed by atoms with E-state index in [4.69, 9.17) is 5.11 Å². The molecule has 0 radical (unpaired) electrons. The molecular formula is C10H12N2O. The smallest absolute Gasteiger partial charge is 0.0517 e. The number of aryl methyl sites for hydroxylation is 1. The van der Waals surface area contributed by atoms with E-state index < -0.39 is 0 Å². The Labute approximate surface area is 76.4 Å². The first-order valence-corrected chi connectivity index (χ1v) is 4.42. The van der Waals surface area contributed by atoms with E-state index in [0.29, 0.717) is 0 Å². The molecule has 2 N–H and O–H groups in total. The molecule has 0 saturated heterocycles. The number of rotatable bonds is 3. The average Bonchev–Trinajstić information content (AvgIpc) is 2.62. The van der Waals surface area contributed by atoms with Crippen molar-refractivity contribution in [3.05, 3.63) is 30.2 Å². The van der Waals surface area contributed by atoms with Crippen LogP contribution in [0.1, 0.15) is 12.0 Å². The van der Waals surface area contributed by atoms with Gasteiger partial charge >= 0.3 is 0 Å². The van der Waals surface area contributed by atoms with Crippen LogP contribution in [0.4, 0.5) is 0 Å². The lowest BCUT2D eigenvalue weighted by molar-refractivity contribution is 0.288. The van der Waals surface area contributed by atoms with Crippen molar-refractivity contribution >= 4 is 10.9 Å².